The molecule has 0 unspecified atom stereocenters. The molecule has 5 heteroatoms. The summed E-state index contributed by atoms with van der Waals surface area (Å²) in [7, 11) is 0. The van der Waals surface area contributed by atoms with Crippen molar-refractivity contribution in [3.63, 3.8) is 0 Å². The summed E-state index contributed by atoms with van der Waals surface area (Å²) in [6.45, 7) is 0.0818. The summed E-state index contributed by atoms with van der Waals surface area (Å²) < 4.78 is 26.9. The molecule has 3 nitrogen and oxygen atoms in total. The Morgan fingerprint density at radius 2 is 1.62 bits per heavy atom. The first-order chi connectivity index (χ1) is 10.2. The van der Waals surface area contributed by atoms with Crippen LogP contribution in [0, 0.1) is 11.6 Å². The zero-order valence-electron chi connectivity index (χ0n) is 12.1. The van der Waals surface area contributed by atoms with Crippen molar-refractivity contribution in [3.8, 4) is 0 Å². The predicted octanol–water partition coefficient (Wildman–Crippen LogP) is 3.61. The molecule has 0 radical (unpaired) electrons. The van der Waals surface area contributed by atoms with Crippen molar-refractivity contribution in [1.29, 1.82) is 0 Å². The van der Waals surface area contributed by atoms with Gasteiger partial charge in [0.25, 0.3) is 0 Å². The molecule has 0 aromatic heterocycles. The molecule has 1 saturated carbocycles. The highest BCUT2D eigenvalue weighted by Crippen LogP contribution is 2.18. The molecule has 1 aromatic carbocycles. The highest BCUT2D eigenvalue weighted by molar-refractivity contribution is 5.92. The minimum atomic E-state index is -0.755. The van der Waals surface area contributed by atoms with E-state index in [-0.39, 0.29) is 12.2 Å². The van der Waals surface area contributed by atoms with Gasteiger partial charge in [-0.05, 0) is 25.0 Å². The van der Waals surface area contributed by atoms with Crippen molar-refractivity contribution in [2.45, 2.75) is 51.0 Å². The average Bonchev–Trinajstić information content (AvgIpc) is 2.42. The molecule has 2 rings (SSSR count). The van der Waals surface area contributed by atoms with E-state index in [0.717, 1.165) is 25.0 Å². The summed E-state index contributed by atoms with van der Waals surface area (Å²) in [6, 6.07) is 3.84. The SMILES string of the molecule is O=C(CNC1CCCCCCC1)Nc1c(F)cccc1F. The zero-order chi connectivity index (χ0) is 15.1. The Morgan fingerprint density at radius 3 is 2.24 bits per heavy atom. The van der Waals surface area contributed by atoms with Crippen LogP contribution in [0.15, 0.2) is 18.2 Å². The maximum Gasteiger partial charge on any atom is 0.238 e. The van der Waals surface area contributed by atoms with Gasteiger partial charge in [0.15, 0.2) is 0 Å². The lowest BCUT2D eigenvalue weighted by Gasteiger charge is -2.20. The lowest BCUT2D eigenvalue weighted by atomic mass is 9.97. The molecule has 0 spiro atoms. The van der Waals surface area contributed by atoms with Crippen LogP contribution in [-0.4, -0.2) is 18.5 Å². The number of benzene rings is 1. The van der Waals surface area contributed by atoms with Crippen LogP contribution >= 0.6 is 0 Å². The van der Waals surface area contributed by atoms with Gasteiger partial charge in [0.2, 0.25) is 5.91 Å². The molecule has 1 amide bonds. The molecule has 1 aromatic rings. The minimum absolute atomic E-state index is 0.0818. The van der Waals surface area contributed by atoms with Crippen molar-refractivity contribution in [3.05, 3.63) is 29.8 Å². The maximum atomic E-state index is 13.4. The lowest BCUT2D eigenvalue weighted by Crippen LogP contribution is -2.36. The fourth-order valence-corrected chi connectivity index (χ4v) is 2.70. The molecule has 0 atom stereocenters. The number of rotatable bonds is 4. The van der Waals surface area contributed by atoms with Crippen LogP contribution in [0.3, 0.4) is 0 Å². The molecule has 0 bridgehead atoms. The van der Waals surface area contributed by atoms with Crippen molar-refractivity contribution in [2.75, 3.05) is 11.9 Å². The van der Waals surface area contributed by atoms with Crippen LogP contribution in [0.2, 0.25) is 0 Å². The Labute approximate surface area is 124 Å². The second-order valence-electron chi connectivity index (χ2n) is 5.57. The van der Waals surface area contributed by atoms with Gasteiger partial charge < -0.3 is 10.6 Å². The quantitative estimate of drug-likeness (QED) is 0.891. The van der Waals surface area contributed by atoms with Crippen LogP contribution in [-0.2, 0) is 4.79 Å². The van der Waals surface area contributed by atoms with E-state index in [2.05, 4.69) is 10.6 Å². The highest BCUT2D eigenvalue weighted by Gasteiger charge is 2.14. The molecule has 2 N–H and O–H groups in total. The monoisotopic (exact) mass is 296 g/mol. The third kappa shape index (κ3) is 5.08. The van der Waals surface area contributed by atoms with E-state index in [1.165, 1.54) is 38.2 Å². The van der Waals surface area contributed by atoms with Crippen LogP contribution in [0.25, 0.3) is 0 Å². The highest BCUT2D eigenvalue weighted by atomic mass is 19.1. The summed E-state index contributed by atoms with van der Waals surface area (Å²) in [5.41, 5.74) is -0.373. The van der Waals surface area contributed by atoms with Crippen LogP contribution in [0.5, 0.6) is 0 Å². The van der Waals surface area contributed by atoms with Crippen LogP contribution in [0.4, 0.5) is 14.5 Å². The second-order valence-corrected chi connectivity index (χ2v) is 5.57. The van der Waals surface area contributed by atoms with Crippen molar-refractivity contribution in [2.24, 2.45) is 0 Å². The summed E-state index contributed by atoms with van der Waals surface area (Å²) in [5, 5.41) is 5.49. The van der Waals surface area contributed by atoms with Crippen molar-refractivity contribution < 1.29 is 13.6 Å². The number of amides is 1. The number of para-hydroxylation sites is 1. The zero-order valence-corrected chi connectivity index (χ0v) is 12.1. The number of carbonyl (C=O) groups excluding carboxylic acids is 1. The summed E-state index contributed by atoms with van der Waals surface area (Å²) in [6.07, 6.45) is 8.22. The van der Waals surface area contributed by atoms with Crippen molar-refractivity contribution in [1.82, 2.24) is 5.32 Å². The van der Waals surface area contributed by atoms with Gasteiger partial charge in [-0.2, -0.15) is 0 Å². The maximum absolute atomic E-state index is 13.4. The van der Waals surface area contributed by atoms with Gasteiger partial charge in [-0.25, -0.2) is 8.78 Å². The van der Waals surface area contributed by atoms with E-state index >= 15 is 0 Å². The molecule has 1 fully saturated rings. The van der Waals surface area contributed by atoms with Crippen LogP contribution in [0.1, 0.15) is 44.9 Å². The summed E-state index contributed by atoms with van der Waals surface area (Å²) in [5.74, 6) is -1.93. The number of anilines is 1. The van der Waals surface area contributed by atoms with Gasteiger partial charge in [0, 0.05) is 6.04 Å². The van der Waals surface area contributed by atoms with E-state index < -0.39 is 17.5 Å². The molecule has 1 aliphatic rings. The molecule has 1 aliphatic carbocycles. The van der Waals surface area contributed by atoms with Gasteiger partial charge >= 0.3 is 0 Å². The Bertz CT molecular complexity index is 451. The van der Waals surface area contributed by atoms with E-state index in [1.807, 2.05) is 0 Å². The van der Waals surface area contributed by atoms with E-state index in [0.29, 0.717) is 6.04 Å². The van der Waals surface area contributed by atoms with Gasteiger partial charge in [-0.3, -0.25) is 4.79 Å². The third-order valence-electron chi connectivity index (χ3n) is 3.88. The molecule has 116 valence electrons. The molecule has 0 saturated heterocycles. The van der Waals surface area contributed by atoms with E-state index in [1.54, 1.807) is 0 Å². The van der Waals surface area contributed by atoms with Gasteiger partial charge in [0.1, 0.15) is 17.3 Å². The predicted molar refractivity (Wildman–Crippen MR) is 79.1 cm³/mol. The molecule has 0 aliphatic heterocycles. The Kier molecular flexibility index (Phi) is 6.11. The molecule has 21 heavy (non-hydrogen) atoms. The number of halogens is 2. The fraction of sp³-hybridized carbons (Fsp3) is 0.562. The average molecular weight is 296 g/mol. The first kappa shape index (κ1) is 15.9. The largest absolute Gasteiger partial charge is 0.320 e. The molecular formula is C16H22F2N2O. The Morgan fingerprint density at radius 1 is 1.05 bits per heavy atom. The fourth-order valence-electron chi connectivity index (χ4n) is 2.70. The van der Waals surface area contributed by atoms with Crippen LogP contribution < -0.4 is 10.6 Å². The van der Waals surface area contributed by atoms with Gasteiger partial charge in [-0.15, -0.1) is 0 Å². The van der Waals surface area contributed by atoms with Gasteiger partial charge in [0.05, 0.1) is 6.54 Å². The normalized spacial score (nSPS) is 17.0. The Balaban J connectivity index is 1.81. The number of hydrogen-bond donors (Lipinski definition) is 2. The summed E-state index contributed by atoms with van der Waals surface area (Å²) >= 11 is 0. The first-order valence-electron chi connectivity index (χ1n) is 7.64. The third-order valence-corrected chi connectivity index (χ3v) is 3.88. The van der Waals surface area contributed by atoms with E-state index in [4.69, 9.17) is 0 Å². The first-order valence-corrected chi connectivity index (χ1v) is 7.64. The Hall–Kier alpha value is -1.49. The smallest absolute Gasteiger partial charge is 0.238 e. The topological polar surface area (TPSA) is 41.1 Å². The lowest BCUT2D eigenvalue weighted by molar-refractivity contribution is -0.115. The van der Waals surface area contributed by atoms with Crippen molar-refractivity contribution >= 4 is 11.6 Å². The second kappa shape index (κ2) is 8.08. The minimum Gasteiger partial charge on any atom is -0.320 e. The standard InChI is InChI=1S/C16H22F2N2O/c17-13-9-6-10-14(18)16(13)20-15(21)11-19-12-7-4-2-1-3-5-8-12/h6,9-10,12,19H,1-5,7-8,11H2,(H,20,21). The molecular weight excluding hydrogens is 274 g/mol. The number of nitrogens with one attached hydrogen (secondary N) is 2. The molecule has 0 heterocycles. The summed E-state index contributed by atoms with van der Waals surface area (Å²) in [4.78, 5) is 11.8. The van der Waals surface area contributed by atoms with Gasteiger partial charge in [-0.1, -0.05) is 38.2 Å². The van der Waals surface area contributed by atoms with E-state index in [9.17, 15) is 13.6 Å². The number of carbonyl (C=O) groups is 1. The number of hydrogen-bond acceptors (Lipinski definition) is 2.